The Balaban J connectivity index is 1.39. The summed E-state index contributed by atoms with van der Waals surface area (Å²) in [5.74, 6) is 0.538. The van der Waals surface area contributed by atoms with Crippen LogP contribution in [0.3, 0.4) is 0 Å². The molecule has 2 fully saturated rings. The molecule has 1 aromatic carbocycles. The van der Waals surface area contributed by atoms with Crippen LogP contribution in [-0.2, 0) is 23.6 Å². The minimum absolute atomic E-state index is 0.111. The maximum absolute atomic E-state index is 16.0. The first kappa shape index (κ1) is 26.4. The number of halogens is 1. The first-order valence-corrected chi connectivity index (χ1v) is 15.3. The van der Waals surface area contributed by atoms with Crippen molar-refractivity contribution in [1.82, 2.24) is 24.0 Å². The topological polar surface area (TPSA) is 97.5 Å². The number of pyridine rings is 2. The number of benzene rings is 1. The van der Waals surface area contributed by atoms with E-state index in [1.165, 1.54) is 6.07 Å². The lowest BCUT2D eigenvalue weighted by Crippen LogP contribution is -2.34. The summed E-state index contributed by atoms with van der Waals surface area (Å²) in [5.41, 5.74) is 2.65. The van der Waals surface area contributed by atoms with Gasteiger partial charge < -0.3 is 19.3 Å². The van der Waals surface area contributed by atoms with Crippen molar-refractivity contribution in [2.45, 2.75) is 42.9 Å². The van der Waals surface area contributed by atoms with E-state index >= 15 is 4.39 Å². The number of rotatable bonds is 9. The number of anilines is 2. The molecule has 0 saturated heterocycles. The summed E-state index contributed by atoms with van der Waals surface area (Å²) in [4.78, 5) is 26.8. The van der Waals surface area contributed by atoms with E-state index < -0.39 is 22.3 Å². The molecule has 1 unspecified atom stereocenters. The molecule has 0 radical (unpaired) electrons. The predicted molar refractivity (Wildman–Crippen MR) is 160 cm³/mol. The molecule has 1 atom stereocenters. The highest BCUT2D eigenvalue weighted by Gasteiger charge is 2.50. The van der Waals surface area contributed by atoms with Gasteiger partial charge >= 0.3 is 5.69 Å². The van der Waals surface area contributed by atoms with Crippen LogP contribution in [0.2, 0.25) is 0 Å². The zero-order chi connectivity index (χ0) is 28.6. The number of imidazole rings is 1. The molecule has 2 aliphatic carbocycles. The number of nitrogens with zero attached hydrogens (tertiary/aromatic N) is 6. The van der Waals surface area contributed by atoms with E-state index in [-0.39, 0.29) is 23.1 Å². The van der Waals surface area contributed by atoms with Crippen LogP contribution in [0.4, 0.5) is 15.9 Å². The van der Waals surface area contributed by atoms with Crippen LogP contribution in [0, 0.1) is 5.82 Å². The third-order valence-electron chi connectivity index (χ3n) is 8.52. The van der Waals surface area contributed by atoms with Crippen LogP contribution >= 0.6 is 0 Å². The Morgan fingerprint density at radius 1 is 1.17 bits per heavy atom. The number of nitrogens with one attached hydrogen (secondary N) is 1. The van der Waals surface area contributed by atoms with Crippen LogP contribution < -0.4 is 20.0 Å². The van der Waals surface area contributed by atoms with Gasteiger partial charge in [-0.15, -0.1) is 0 Å². The van der Waals surface area contributed by atoms with Crippen molar-refractivity contribution in [3.63, 3.8) is 0 Å². The third kappa shape index (κ3) is 4.30. The van der Waals surface area contributed by atoms with Crippen molar-refractivity contribution in [2.24, 2.45) is 7.05 Å². The lowest BCUT2D eigenvalue weighted by atomic mass is 10.0. The molecule has 4 aromatic rings. The molecule has 4 heterocycles. The summed E-state index contributed by atoms with van der Waals surface area (Å²) in [5, 5.41) is 0.737. The van der Waals surface area contributed by atoms with Crippen molar-refractivity contribution in [3.05, 3.63) is 40.8 Å². The molecule has 2 saturated carbocycles. The molecule has 3 aromatic heterocycles. The maximum Gasteiger partial charge on any atom is 0.329 e. The highest BCUT2D eigenvalue weighted by molar-refractivity contribution is 7.87. The molecular weight excluding hydrogens is 545 g/mol. The highest BCUT2D eigenvalue weighted by Crippen LogP contribution is 2.51. The van der Waals surface area contributed by atoms with Crippen LogP contribution in [0.5, 0.6) is 5.75 Å². The van der Waals surface area contributed by atoms with E-state index in [1.807, 2.05) is 36.7 Å². The summed E-state index contributed by atoms with van der Waals surface area (Å²) in [6, 6.07) is 3.22. The molecule has 0 bridgehead atoms. The van der Waals surface area contributed by atoms with E-state index in [2.05, 4.69) is 14.6 Å². The monoisotopic (exact) mass is 579 g/mol. The van der Waals surface area contributed by atoms with Crippen molar-refractivity contribution in [1.29, 1.82) is 0 Å². The van der Waals surface area contributed by atoms with Gasteiger partial charge in [-0.3, -0.25) is 14.1 Å². The SMILES string of the molecule is CN(C)CCCN(C)c1ncc(-c2c(F)cc3ncc4c5c3c2OCC2(CC2)n5c(=O)n4C)cc1NS(=O)C1CC1. The molecule has 1 N–H and O–H groups in total. The van der Waals surface area contributed by atoms with Crippen molar-refractivity contribution in [2.75, 3.05) is 50.5 Å². The number of aryl methyl sites for hydroxylation is 1. The van der Waals surface area contributed by atoms with Gasteiger partial charge in [0.15, 0.2) is 5.82 Å². The van der Waals surface area contributed by atoms with Gasteiger partial charge in [0.25, 0.3) is 0 Å². The van der Waals surface area contributed by atoms with Gasteiger partial charge in [0, 0.05) is 38.5 Å². The Labute approximate surface area is 239 Å². The van der Waals surface area contributed by atoms with E-state index in [9.17, 15) is 9.00 Å². The molecule has 3 aliphatic rings. The normalized spacial score (nSPS) is 17.8. The van der Waals surface area contributed by atoms with Crippen LogP contribution in [0.25, 0.3) is 33.1 Å². The zero-order valence-corrected chi connectivity index (χ0v) is 24.6. The molecule has 41 heavy (non-hydrogen) atoms. The van der Waals surface area contributed by atoms with E-state index in [4.69, 9.17) is 9.72 Å². The fourth-order valence-corrected chi connectivity index (χ4v) is 7.00. The number of ether oxygens (including phenoxy) is 1. The standard InChI is InChI=1S/C29H34FN7O3S/c1-34(2)10-5-11-35(3)27-21(33-41(39)18-6-7-18)12-17(14-32-27)23-19(30)13-20-24-25-22(15-31-20)36(4)28(38)37(25)29(8-9-29)16-40-26(23)24/h12-15,18,33H,5-11,16H2,1-4H3. The summed E-state index contributed by atoms with van der Waals surface area (Å²) in [6.07, 6.45) is 7.69. The molecule has 12 heteroatoms. The Morgan fingerprint density at radius 3 is 2.66 bits per heavy atom. The number of hydrogen-bond donors (Lipinski definition) is 1. The summed E-state index contributed by atoms with van der Waals surface area (Å²) in [7, 11) is 6.52. The molecule has 1 aliphatic heterocycles. The number of hydrogen-bond acceptors (Lipinski definition) is 7. The Kier molecular flexibility index (Phi) is 6.13. The van der Waals surface area contributed by atoms with Crippen molar-refractivity contribution >= 4 is 44.4 Å². The molecule has 7 rings (SSSR count). The summed E-state index contributed by atoms with van der Waals surface area (Å²) >= 11 is 0. The second-order valence-electron chi connectivity index (χ2n) is 11.9. The van der Waals surface area contributed by atoms with Crippen LogP contribution in [0.1, 0.15) is 32.1 Å². The van der Waals surface area contributed by atoms with Crippen LogP contribution in [0.15, 0.2) is 29.3 Å². The number of aromatic nitrogens is 4. The highest BCUT2D eigenvalue weighted by atomic mass is 32.2. The van der Waals surface area contributed by atoms with Crippen molar-refractivity contribution < 1.29 is 13.3 Å². The van der Waals surface area contributed by atoms with Gasteiger partial charge in [0.2, 0.25) is 0 Å². The molecule has 216 valence electrons. The fourth-order valence-electron chi connectivity index (χ4n) is 5.90. The van der Waals surface area contributed by atoms with Gasteiger partial charge in [-0.1, -0.05) is 0 Å². The fraction of sp³-hybridized carbons (Fsp3) is 0.483. The predicted octanol–water partition coefficient (Wildman–Crippen LogP) is 3.60. The Hall–Kier alpha value is -3.51. The maximum atomic E-state index is 16.0. The largest absolute Gasteiger partial charge is 0.490 e. The third-order valence-corrected chi connectivity index (χ3v) is 10.0. The first-order valence-electron chi connectivity index (χ1n) is 14.1. The minimum atomic E-state index is -1.27. The lowest BCUT2D eigenvalue weighted by Gasteiger charge is -2.23. The van der Waals surface area contributed by atoms with E-state index in [1.54, 1.807) is 24.0 Å². The van der Waals surface area contributed by atoms with E-state index in [0.29, 0.717) is 39.2 Å². The molecular formula is C29H34FN7O3S. The quantitative estimate of drug-likeness (QED) is 0.324. The second kappa shape index (κ2) is 9.52. The van der Waals surface area contributed by atoms with E-state index in [0.717, 1.165) is 50.7 Å². The second-order valence-corrected chi connectivity index (χ2v) is 13.4. The summed E-state index contributed by atoms with van der Waals surface area (Å²) in [6.45, 7) is 1.95. The molecule has 1 spiro atoms. The smallest absolute Gasteiger partial charge is 0.329 e. The van der Waals surface area contributed by atoms with Gasteiger partial charge in [0.05, 0.1) is 50.2 Å². The Bertz CT molecular complexity index is 1790. The number of fused-ring (bicyclic) bond motifs is 1. The first-order chi connectivity index (χ1) is 19.7. The van der Waals surface area contributed by atoms with Crippen LogP contribution in [-0.4, -0.2) is 74.3 Å². The van der Waals surface area contributed by atoms with Crippen molar-refractivity contribution in [3.8, 4) is 16.9 Å². The molecule has 0 amide bonds. The zero-order valence-electron chi connectivity index (χ0n) is 23.7. The average Bonchev–Trinajstić information content (AvgIpc) is 3.86. The molecule has 10 nitrogen and oxygen atoms in total. The van der Waals surface area contributed by atoms with Gasteiger partial charge in [0.1, 0.15) is 29.2 Å². The minimum Gasteiger partial charge on any atom is -0.490 e. The Morgan fingerprint density at radius 2 is 1.95 bits per heavy atom. The lowest BCUT2D eigenvalue weighted by molar-refractivity contribution is 0.241. The van der Waals surface area contributed by atoms with Gasteiger partial charge in [-0.2, -0.15) is 0 Å². The summed E-state index contributed by atoms with van der Waals surface area (Å²) < 4.78 is 42.0. The van der Waals surface area contributed by atoms with Gasteiger partial charge in [-0.25, -0.2) is 18.4 Å². The van der Waals surface area contributed by atoms with Gasteiger partial charge in [-0.05, 0) is 58.8 Å². The average molecular weight is 580 g/mol.